The molecule has 0 unspecified atom stereocenters. The zero-order valence-electron chi connectivity index (χ0n) is 7.43. The van der Waals surface area contributed by atoms with Crippen molar-refractivity contribution in [3.63, 3.8) is 0 Å². The maximum absolute atomic E-state index is 11.3. The second-order valence-electron chi connectivity index (χ2n) is 2.81. The third kappa shape index (κ3) is 2.66. The summed E-state index contributed by atoms with van der Waals surface area (Å²) in [6.07, 6.45) is 3.78. The molecule has 0 aliphatic carbocycles. The summed E-state index contributed by atoms with van der Waals surface area (Å²) in [6, 6.07) is 0. The summed E-state index contributed by atoms with van der Waals surface area (Å²) in [5.74, 6) is 0.611. The van der Waals surface area contributed by atoms with Crippen LogP contribution in [0.25, 0.3) is 0 Å². The van der Waals surface area contributed by atoms with E-state index in [1.165, 1.54) is 0 Å². The molecule has 0 saturated carbocycles. The molecular weight excluding hydrogens is 154 g/mol. The number of hydrogen-bond donors (Lipinski definition) is 1. The van der Waals surface area contributed by atoms with Gasteiger partial charge in [0.25, 0.3) is 0 Å². The van der Waals surface area contributed by atoms with Gasteiger partial charge in [-0.05, 0) is 19.0 Å². The maximum Gasteiger partial charge on any atom is 0.210 e. The molecule has 0 atom stereocenters. The van der Waals surface area contributed by atoms with Crippen molar-refractivity contribution >= 4 is 5.78 Å². The van der Waals surface area contributed by atoms with Gasteiger partial charge >= 0.3 is 0 Å². The Morgan fingerprint density at radius 2 is 2.58 bits per heavy atom. The first-order valence-corrected chi connectivity index (χ1v) is 4.41. The van der Waals surface area contributed by atoms with Crippen molar-refractivity contribution in [1.29, 1.82) is 0 Å². The van der Waals surface area contributed by atoms with Crippen LogP contribution in [-0.2, 0) is 9.53 Å². The van der Waals surface area contributed by atoms with Crippen molar-refractivity contribution in [2.24, 2.45) is 0 Å². The number of ether oxygens (including phenoxy) is 1. The molecule has 1 rings (SSSR count). The van der Waals surface area contributed by atoms with Gasteiger partial charge in [-0.15, -0.1) is 0 Å². The number of ketones is 1. The van der Waals surface area contributed by atoms with E-state index in [9.17, 15) is 4.79 Å². The summed E-state index contributed by atoms with van der Waals surface area (Å²) in [5, 5.41) is 3.04. The molecule has 0 aromatic carbocycles. The molecule has 0 aromatic rings. The lowest BCUT2D eigenvalue weighted by atomic mass is 10.3. The minimum absolute atomic E-state index is 0.0703. The number of hydrogen-bond acceptors (Lipinski definition) is 3. The third-order valence-electron chi connectivity index (χ3n) is 1.69. The fraction of sp³-hybridized carbons (Fsp3) is 0.667. The number of Topliss-reactive ketones (excluding diaryl/α,β-unsaturated/α-hetero) is 1. The fourth-order valence-corrected chi connectivity index (χ4v) is 1.08. The molecule has 0 bridgehead atoms. The van der Waals surface area contributed by atoms with Crippen molar-refractivity contribution in [1.82, 2.24) is 5.32 Å². The van der Waals surface area contributed by atoms with Gasteiger partial charge in [0.15, 0.2) is 5.76 Å². The molecule has 0 amide bonds. The van der Waals surface area contributed by atoms with Crippen LogP contribution in [0.3, 0.4) is 0 Å². The van der Waals surface area contributed by atoms with Crippen molar-refractivity contribution in [3.8, 4) is 0 Å². The molecule has 0 radical (unpaired) electrons. The molecule has 0 aromatic heterocycles. The highest BCUT2D eigenvalue weighted by Crippen LogP contribution is 2.08. The predicted molar refractivity (Wildman–Crippen MR) is 46.8 cm³/mol. The SMILES string of the molecule is CCCNCC(=O)C1=CCCO1. The summed E-state index contributed by atoms with van der Waals surface area (Å²) in [7, 11) is 0. The highest BCUT2D eigenvalue weighted by molar-refractivity contribution is 5.95. The van der Waals surface area contributed by atoms with Gasteiger partial charge < -0.3 is 10.1 Å². The van der Waals surface area contributed by atoms with Gasteiger partial charge in [0, 0.05) is 6.42 Å². The Morgan fingerprint density at radius 1 is 1.75 bits per heavy atom. The van der Waals surface area contributed by atoms with E-state index in [4.69, 9.17) is 4.74 Å². The predicted octanol–water partition coefficient (Wildman–Crippen LogP) is 0.859. The number of rotatable bonds is 5. The molecule has 68 valence electrons. The normalized spacial score (nSPS) is 15.6. The van der Waals surface area contributed by atoms with Gasteiger partial charge in [-0.2, -0.15) is 0 Å². The summed E-state index contributed by atoms with van der Waals surface area (Å²) < 4.78 is 5.12. The lowest BCUT2D eigenvalue weighted by Gasteiger charge is -2.03. The molecule has 0 saturated heterocycles. The Hall–Kier alpha value is -0.830. The van der Waals surface area contributed by atoms with Gasteiger partial charge in [0.05, 0.1) is 13.2 Å². The van der Waals surface area contributed by atoms with Crippen molar-refractivity contribution < 1.29 is 9.53 Å². The minimum atomic E-state index is 0.0703. The Labute approximate surface area is 72.8 Å². The number of carbonyl (C=O) groups excluding carboxylic acids is 1. The van der Waals surface area contributed by atoms with E-state index in [1.807, 2.05) is 6.08 Å². The van der Waals surface area contributed by atoms with Gasteiger partial charge in [-0.3, -0.25) is 4.79 Å². The zero-order valence-corrected chi connectivity index (χ0v) is 7.43. The number of carbonyl (C=O) groups is 1. The van der Waals surface area contributed by atoms with Crippen LogP contribution in [0.5, 0.6) is 0 Å². The molecule has 1 aliphatic rings. The Morgan fingerprint density at radius 3 is 3.17 bits per heavy atom. The van der Waals surface area contributed by atoms with E-state index in [2.05, 4.69) is 12.2 Å². The molecule has 1 heterocycles. The average Bonchev–Trinajstić information content (AvgIpc) is 2.56. The summed E-state index contributed by atoms with van der Waals surface area (Å²) in [5.41, 5.74) is 0. The van der Waals surface area contributed by atoms with Crippen molar-refractivity contribution in [2.45, 2.75) is 19.8 Å². The van der Waals surface area contributed by atoms with Crippen LogP contribution in [-0.4, -0.2) is 25.5 Å². The summed E-state index contributed by atoms with van der Waals surface area (Å²) in [4.78, 5) is 11.3. The molecule has 3 heteroatoms. The fourth-order valence-electron chi connectivity index (χ4n) is 1.08. The quantitative estimate of drug-likeness (QED) is 0.620. The number of nitrogens with one attached hydrogen (secondary N) is 1. The lowest BCUT2D eigenvalue weighted by molar-refractivity contribution is -0.117. The second kappa shape index (κ2) is 4.93. The first-order chi connectivity index (χ1) is 5.84. The monoisotopic (exact) mass is 169 g/mol. The Bertz CT molecular complexity index is 187. The van der Waals surface area contributed by atoms with E-state index >= 15 is 0 Å². The first kappa shape index (κ1) is 9.26. The maximum atomic E-state index is 11.3. The lowest BCUT2D eigenvalue weighted by Crippen LogP contribution is -2.24. The first-order valence-electron chi connectivity index (χ1n) is 4.41. The van der Waals surface area contributed by atoms with Crippen LogP contribution in [0.1, 0.15) is 19.8 Å². The third-order valence-corrected chi connectivity index (χ3v) is 1.69. The molecule has 0 fully saturated rings. The van der Waals surface area contributed by atoms with Crippen LogP contribution < -0.4 is 5.32 Å². The van der Waals surface area contributed by atoms with E-state index in [1.54, 1.807) is 0 Å². The standard InChI is InChI=1S/C9H15NO2/c1-2-5-10-7-8(11)9-4-3-6-12-9/h4,10H,2-3,5-7H2,1H3. The average molecular weight is 169 g/mol. The highest BCUT2D eigenvalue weighted by atomic mass is 16.5. The van der Waals surface area contributed by atoms with Crippen LogP contribution >= 0.6 is 0 Å². The van der Waals surface area contributed by atoms with Crippen LogP contribution in [0, 0.1) is 0 Å². The Kier molecular flexibility index (Phi) is 3.80. The zero-order chi connectivity index (χ0) is 8.81. The smallest absolute Gasteiger partial charge is 0.210 e. The summed E-state index contributed by atoms with van der Waals surface area (Å²) >= 11 is 0. The van der Waals surface area contributed by atoms with Crippen molar-refractivity contribution in [2.75, 3.05) is 19.7 Å². The van der Waals surface area contributed by atoms with E-state index in [-0.39, 0.29) is 5.78 Å². The Balaban J connectivity index is 2.19. The van der Waals surface area contributed by atoms with E-state index < -0.39 is 0 Å². The largest absolute Gasteiger partial charge is 0.490 e. The van der Waals surface area contributed by atoms with Crippen LogP contribution in [0.2, 0.25) is 0 Å². The minimum Gasteiger partial charge on any atom is -0.490 e. The molecule has 3 nitrogen and oxygen atoms in total. The topological polar surface area (TPSA) is 38.3 Å². The molecular formula is C9H15NO2. The van der Waals surface area contributed by atoms with E-state index in [0.717, 1.165) is 19.4 Å². The van der Waals surface area contributed by atoms with Gasteiger partial charge in [-0.1, -0.05) is 6.92 Å². The van der Waals surface area contributed by atoms with E-state index in [0.29, 0.717) is 18.9 Å². The summed E-state index contributed by atoms with van der Waals surface area (Å²) in [6.45, 7) is 4.02. The van der Waals surface area contributed by atoms with Crippen LogP contribution in [0.15, 0.2) is 11.8 Å². The molecule has 0 spiro atoms. The van der Waals surface area contributed by atoms with Gasteiger partial charge in [0.2, 0.25) is 5.78 Å². The molecule has 1 aliphatic heterocycles. The van der Waals surface area contributed by atoms with Gasteiger partial charge in [-0.25, -0.2) is 0 Å². The van der Waals surface area contributed by atoms with Crippen LogP contribution in [0.4, 0.5) is 0 Å². The second-order valence-corrected chi connectivity index (χ2v) is 2.81. The van der Waals surface area contributed by atoms with Crippen molar-refractivity contribution in [3.05, 3.63) is 11.8 Å². The highest BCUT2D eigenvalue weighted by Gasteiger charge is 2.13. The molecule has 1 N–H and O–H groups in total. The molecule has 12 heavy (non-hydrogen) atoms. The van der Waals surface area contributed by atoms with Gasteiger partial charge in [0.1, 0.15) is 0 Å².